The second-order valence-corrected chi connectivity index (χ2v) is 37.9. The fourth-order valence-electron chi connectivity index (χ4n) is 17.1. The van der Waals surface area contributed by atoms with Gasteiger partial charge in [-0.05, 0) is 128 Å². The quantitative estimate of drug-likeness (QED) is 0.00595. The standard InChI is InChI=1S/C93H133N25O21S2/c1-9-11-23-70-86(133)106-62(22-17-32-100-93(97)98)83(130)112-69(82(129)102-44-77(124)104-61(79(96)126)31-33-103-113-99)48-140-49-78(125)105-64(36-52-27-29-56(120)30-28-52)88(135)114(6)51(5)80(127)107-66(41-76(95)123)90(137)117-34-18-25-71(117)87(134)110-67(42-94)84(131)108-63(35-50(3)4)91(138)118-45-57(121)40-73(118)74(122)39-53(37-54-43-101-60-21-15-13-19-58(54)60)81(128)111-68(46-119)85(132)109-65(38-55-47-141-75-26-16-14-20-59(55)75)89(136)116(8)72(24-12-10-2)92(139)115(70)7/h13-16,19-21,26-30,43,47,50-51,53,57,61-73,101,119-121H,9-12,17-18,22-25,31-42,44-46,48-49,94H2,1-8H3,(H2,95,123)(H2,96,126)(H,102,129)(H,104,124)(H,105,125)(H,106,133)(H,107,127)(H,108,131)(H,109,132)(H,110,134)(H,111,128)(H,112,130)(H4,97,98,100)/t51-,53+,57+,61-,62-,63-,64-,65-,66-,67-,68-,69-,70-,71-,72-,73-/m0/s1. The molecular weight excluding hydrogens is 1870 g/mol. The second kappa shape index (κ2) is 54.9. The van der Waals surface area contributed by atoms with Crippen LogP contribution in [0.4, 0.5) is 0 Å². The molecule has 0 spiro atoms. The summed E-state index contributed by atoms with van der Waals surface area (Å²) >= 11 is 2.04. The number of fused-ring (bicyclic) bond motifs is 4. The van der Waals surface area contributed by atoms with E-state index in [0.29, 0.717) is 64.0 Å². The van der Waals surface area contributed by atoms with Crippen molar-refractivity contribution in [3.05, 3.63) is 112 Å². The van der Waals surface area contributed by atoms with Gasteiger partial charge in [-0.15, -0.1) is 23.1 Å². The molecule has 0 saturated carbocycles. The molecule has 3 aliphatic heterocycles. The monoisotopic (exact) mass is 2000 g/mol. The maximum atomic E-state index is 15.8. The van der Waals surface area contributed by atoms with Crippen molar-refractivity contribution in [2.45, 2.75) is 241 Å². The summed E-state index contributed by atoms with van der Waals surface area (Å²) in [6.45, 7) is 4.90. The summed E-state index contributed by atoms with van der Waals surface area (Å²) in [5, 5.41) is 75.8. The molecule has 2 aromatic heterocycles. The molecule has 24 N–H and O–H groups in total. The number of unbranched alkanes of at least 4 members (excludes halogenated alkanes) is 2. The summed E-state index contributed by atoms with van der Waals surface area (Å²) in [5.41, 5.74) is 34.1. The number of aromatic hydroxyl groups is 1. The van der Waals surface area contributed by atoms with Gasteiger partial charge in [0.05, 0.1) is 37.5 Å². The van der Waals surface area contributed by atoms with Crippen LogP contribution in [0.2, 0.25) is 0 Å². The first kappa shape index (κ1) is 113. The molecule has 3 aliphatic rings. The molecule has 3 saturated heterocycles. The number of para-hydroxylation sites is 1. The highest BCUT2D eigenvalue weighted by atomic mass is 32.2. The Labute approximate surface area is 823 Å². The summed E-state index contributed by atoms with van der Waals surface area (Å²) in [5.74, 6) is -20.8. The van der Waals surface area contributed by atoms with Gasteiger partial charge in [-0.1, -0.05) is 107 Å². The molecule has 48 heteroatoms. The van der Waals surface area contributed by atoms with Crippen LogP contribution in [-0.2, 0) is 106 Å². The number of benzene rings is 3. The van der Waals surface area contributed by atoms with Gasteiger partial charge in [0.15, 0.2) is 11.7 Å². The van der Waals surface area contributed by atoms with Gasteiger partial charge in [-0.2, -0.15) is 0 Å². The van der Waals surface area contributed by atoms with E-state index in [2.05, 4.69) is 73.5 Å². The molecule has 0 bridgehead atoms. The number of phenolic OH excluding ortho intramolecular Hbond substituents is 1. The number of carbonyl (C=O) groups is 18. The van der Waals surface area contributed by atoms with Crippen LogP contribution in [0.5, 0.6) is 5.75 Å². The number of amides is 17. The van der Waals surface area contributed by atoms with E-state index in [4.69, 9.17) is 33.9 Å². The van der Waals surface area contributed by atoms with Crippen LogP contribution >= 0.6 is 23.1 Å². The van der Waals surface area contributed by atoms with E-state index < -0.39 is 259 Å². The number of carbonyl (C=O) groups excluding carboxylic acids is 18. The highest BCUT2D eigenvalue weighted by Crippen LogP contribution is 2.31. The molecule has 3 fully saturated rings. The number of rotatable bonds is 30. The molecule has 8 rings (SSSR count). The lowest BCUT2D eigenvalue weighted by molar-refractivity contribution is -0.149. The predicted molar refractivity (Wildman–Crippen MR) is 522 cm³/mol. The Morgan fingerprint density at radius 2 is 1.25 bits per heavy atom. The number of nitrogens with one attached hydrogen (secondary N) is 13. The van der Waals surface area contributed by atoms with E-state index in [0.717, 1.165) is 29.2 Å². The molecule has 5 heterocycles. The van der Waals surface area contributed by atoms with E-state index >= 15 is 38.4 Å². The molecule has 17 amide bonds. The van der Waals surface area contributed by atoms with Gasteiger partial charge in [-0.3, -0.25) is 91.7 Å². The van der Waals surface area contributed by atoms with E-state index in [1.165, 1.54) is 63.7 Å². The minimum absolute atomic E-state index is 0.0172. The summed E-state index contributed by atoms with van der Waals surface area (Å²) in [7, 11) is 3.86. The number of azide groups is 1. The fourth-order valence-corrected chi connectivity index (χ4v) is 19.0. The number of aliphatic hydroxyl groups excluding tert-OH is 2. The largest absolute Gasteiger partial charge is 0.508 e. The number of aromatic nitrogens is 1. The molecule has 5 aromatic rings. The lowest BCUT2D eigenvalue weighted by Gasteiger charge is -2.36. The van der Waals surface area contributed by atoms with Crippen molar-refractivity contribution in [2.24, 2.45) is 39.9 Å². The first-order chi connectivity index (χ1) is 67.1. The molecule has 0 unspecified atom stereocenters. The van der Waals surface area contributed by atoms with Crippen LogP contribution in [0.25, 0.3) is 31.4 Å². The van der Waals surface area contributed by atoms with Crippen molar-refractivity contribution < 1.29 is 102 Å². The number of thiophene rings is 1. The lowest BCUT2D eigenvalue weighted by Crippen LogP contribution is -2.61. The Hall–Kier alpha value is -13.6. The normalized spacial score (nSPS) is 24.4. The molecule has 46 nitrogen and oxygen atoms in total. The number of aliphatic hydroxyl groups is 2. The van der Waals surface area contributed by atoms with Gasteiger partial charge in [0.1, 0.15) is 84.3 Å². The molecule has 3 aromatic carbocycles. The Balaban J connectivity index is 1.21. The van der Waals surface area contributed by atoms with Gasteiger partial charge >= 0.3 is 0 Å². The topological polar surface area (TPSA) is 709 Å². The highest BCUT2D eigenvalue weighted by molar-refractivity contribution is 8.00. The van der Waals surface area contributed by atoms with E-state index in [9.17, 15) is 63.3 Å². The van der Waals surface area contributed by atoms with Crippen molar-refractivity contribution in [3.8, 4) is 5.75 Å². The van der Waals surface area contributed by atoms with E-state index in [1.54, 1.807) is 61.8 Å². The molecular formula is C93H133N25O21S2. The second-order valence-electron chi connectivity index (χ2n) is 35.9. The van der Waals surface area contributed by atoms with E-state index in [-0.39, 0.29) is 115 Å². The molecule has 0 radical (unpaired) electrons. The summed E-state index contributed by atoms with van der Waals surface area (Å²) in [6, 6.07) is -2.16. The van der Waals surface area contributed by atoms with Crippen LogP contribution < -0.4 is 81.4 Å². The molecule has 768 valence electrons. The highest BCUT2D eigenvalue weighted by Gasteiger charge is 2.47. The third-order valence-corrected chi connectivity index (χ3v) is 27.1. The molecule has 16 atom stereocenters. The lowest BCUT2D eigenvalue weighted by atomic mass is 9.90. The first-order valence-electron chi connectivity index (χ1n) is 47.1. The number of primary amides is 2. The number of likely N-dealkylation sites (N-methyl/N-ethyl adjacent to an activating group) is 3. The zero-order chi connectivity index (χ0) is 104. The first-order valence-corrected chi connectivity index (χ1v) is 49.1. The number of guanidine groups is 1. The van der Waals surface area contributed by atoms with Crippen molar-refractivity contribution >= 4 is 156 Å². The van der Waals surface area contributed by atoms with E-state index in [1.807, 2.05) is 26.0 Å². The van der Waals surface area contributed by atoms with Crippen molar-refractivity contribution in [1.82, 2.24) is 88.0 Å². The maximum absolute atomic E-state index is 15.8. The third-order valence-electron chi connectivity index (χ3n) is 25.0. The number of hydrogen-bond donors (Lipinski definition) is 20. The van der Waals surface area contributed by atoms with Crippen molar-refractivity contribution in [1.29, 1.82) is 5.41 Å². The molecule has 0 aliphatic carbocycles. The number of ketones is 1. The zero-order valence-electron chi connectivity index (χ0n) is 80.4. The minimum atomic E-state index is -1.86. The van der Waals surface area contributed by atoms with Gasteiger partial charge < -0.3 is 126 Å². The number of thioether (sulfide) groups is 1. The average Bonchev–Trinajstić information content (AvgIpc) is 1.67. The Bertz CT molecular complexity index is 5350. The number of H-pyrrole nitrogens is 1. The smallest absolute Gasteiger partial charge is 0.246 e. The van der Waals surface area contributed by atoms with Crippen LogP contribution in [-0.4, -0.2) is 326 Å². The van der Waals surface area contributed by atoms with Gasteiger partial charge in [0, 0.05) is 118 Å². The predicted octanol–water partition coefficient (Wildman–Crippen LogP) is -1.93. The summed E-state index contributed by atoms with van der Waals surface area (Å²) in [6.07, 6.45) is -1.36. The minimum Gasteiger partial charge on any atom is -0.508 e. The number of aromatic amines is 1. The fraction of sp³-hybridized carbons (Fsp3) is 0.559. The Morgan fingerprint density at radius 3 is 1.91 bits per heavy atom. The van der Waals surface area contributed by atoms with Crippen molar-refractivity contribution in [2.75, 3.05) is 78.5 Å². The van der Waals surface area contributed by atoms with Crippen LogP contribution in [0.1, 0.15) is 148 Å². The average molecular weight is 2000 g/mol. The van der Waals surface area contributed by atoms with Gasteiger partial charge in [0.25, 0.3) is 0 Å². The number of hydrogen-bond acceptors (Lipinski definition) is 26. The van der Waals surface area contributed by atoms with Crippen molar-refractivity contribution in [3.63, 3.8) is 0 Å². The van der Waals surface area contributed by atoms with Crippen LogP contribution in [0, 0.1) is 17.2 Å². The zero-order valence-corrected chi connectivity index (χ0v) is 82.0. The summed E-state index contributed by atoms with van der Waals surface area (Å²) < 4.78 is 0.801. The Kier molecular flexibility index (Phi) is 43.8. The number of nitrogens with zero attached hydrogens (tertiary/aromatic N) is 8. The van der Waals surface area contributed by atoms with Crippen LogP contribution in [0.3, 0.4) is 0 Å². The SMILES string of the molecule is CCCC[C@H]1C(=O)N(C)[C@@H](CCCC)C(=O)N[C@@H](CCCNC(=N)N)C(=O)N[C@H](C(=O)NCC(=O)N[C@@H](CCN=[N+]=[N-])C(N)=O)CSCC(=O)N[C@@H](Cc2ccc(O)cc2)C(=O)N(C)[C@@H](C)C(=O)N[C@@H](CC(N)=O)C(=O)N2CCC[C@H]2C(=O)N[C@@H](CN)C(=O)N[C@@H](CC(C)C)C(=O)N2C[C@H](O)C[C@H]2C(=O)C[C@@H](Cc2c[nH]c3ccccc23)C(=O)N[C@@H](CO)C(=O)N[C@@H](Cc2csc3ccccc23)C(=O)N1C. The Morgan fingerprint density at radius 1 is 0.638 bits per heavy atom. The molecule has 141 heavy (non-hydrogen) atoms. The number of Topliss-reactive ketones (excluding diaryl/α,β-unsaturated/α-hetero) is 1. The third kappa shape index (κ3) is 32.5. The summed E-state index contributed by atoms with van der Waals surface area (Å²) in [4.78, 5) is 276. The van der Waals surface area contributed by atoms with Crippen LogP contribution in [0.15, 0.2) is 89.5 Å². The number of nitrogens with two attached hydrogens (primary N) is 4. The van der Waals surface area contributed by atoms with Gasteiger partial charge in [-0.25, -0.2) is 0 Å². The number of phenols is 1. The van der Waals surface area contributed by atoms with Gasteiger partial charge in [0.2, 0.25) is 100 Å². The maximum Gasteiger partial charge on any atom is 0.246 e.